The number of para-hydroxylation sites is 1. The van der Waals surface area contributed by atoms with Crippen molar-refractivity contribution in [1.82, 2.24) is 15.2 Å². The summed E-state index contributed by atoms with van der Waals surface area (Å²) in [5.74, 6) is 2.32. The highest BCUT2D eigenvalue weighted by Gasteiger charge is 2.11. The lowest BCUT2D eigenvalue weighted by Crippen LogP contribution is -2.06. The van der Waals surface area contributed by atoms with Crippen LogP contribution in [0.5, 0.6) is 5.75 Å². The van der Waals surface area contributed by atoms with Crippen molar-refractivity contribution in [2.24, 2.45) is 0 Å². The van der Waals surface area contributed by atoms with Gasteiger partial charge in [0.25, 0.3) is 0 Å². The standard InChI is InChI=1S/C21H25N5O/c1-5-27-17-11-9-16(10-12-17)23-19-13-22-26-21(24-19)25-20-15(4)7-6-8-18(20)14(2)3/h6-14H,5H2,1-4H3,(H2,23,24,25,26). The van der Waals surface area contributed by atoms with Crippen LogP contribution < -0.4 is 15.4 Å². The van der Waals surface area contributed by atoms with Gasteiger partial charge in [0.05, 0.1) is 12.8 Å². The number of benzene rings is 2. The van der Waals surface area contributed by atoms with E-state index in [9.17, 15) is 0 Å². The minimum Gasteiger partial charge on any atom is -0.494 e. The van der Waals surface area contributed by atoms with E-state index in [1.165, 1.54) is 5.56 Å². The minimum atomic E-state index is 0.394. The monoisotopic (exact) mass is 363 g/mol. The van der Waals surface area contributed by atoms with E-state index in [1.807, 2.05) is 31.2 Å². The zero-order valence-corrected chi connectivity index (χ0v) is 16.2. The Bertz CT molecular complexity index is 893. The molecule has 0 aliphatic carbocycles. The molecule has 6 nitrogen and oxygen atoms in total. The maximum atomic E-state index is 5.46. The molecule has 2 N–H and O–H groups in total. The van der Waals surface area contributed by atoms with E-state index in [0.717, 1.165) is 22.7 Å². The summed E-state index contributed by atoms with van der Waals surface area (Å²) in [6.07, 6.45) is 1.60. The molecule has 0 fully saturated rings. The van der Waals surface area contributed by atoms with Crippen molar-refractivity contribution in [3.8, 4) is 5.75 Å². The Morgan fingerprint density at radius 3 is 2.52 bits per heavy atom. The third-order valence-corrected chi connectivity index (χ3v) is 4.16. The second kappa shape index (κ2) is 8.49. The molecule has 0 amide bonds. The molecule has 2 aromatic carbocycles. The van der Waals surface area contributed by atoms with Crippen molar-refractivity contribution in [1.29, 1.82) is 0 Å². The molecule has 0 saturated carbocycles. The maximum Gasteiger partial charge on any atom is 0.249 e. The first kappa shape index (κ1) is 18.6. The zero-order valence-electron chi connectivity index (χ0n) is 16.2. The van der Waals surface area contributed by atoms with E-state index in [0.29, 0.717) is 24.3 Å². The molecule has 0 atom stereocenters. The van der Waals surface area contributed by atoms with E-state index in [-0.39, 0.29) is 0 Å². The Balaban J connectivity index is 1.78. The quantitative estimate of drug-likeness (QED) is 0.602. The van der Waals surface area contributed by atoms with Gasteiger partial charge in [0, 0.05) is 11.4 Å². The third kappa shape index (κ3) is 4.73. The highest BCUT2D eigenvalue weighted by Crippen LogP contribution is 2.29. The number of hydrogen-bond acceptors (Lipinski definition) is 6. The van der Waals surface area contributed by atoms with Gasteiger partial charge >= 0.3 is 0 Å². The van der Waals surface area contributed by atoms with Crippen LogP contribution in [0, 0.1) is 6.92 Å². The molecule has 0 saturated heterocycles. The molecule has 0 unspecified atom stereocenters. The molecule has 140 valence electrons. The maximum absolute atomic E-state index is 5.46. The smallest absolute Gasteiger partial charge is 0.249 e. The predicted octanol–water partition coefficient (Wildman–Crippen LogP) is 5.19. The first-order valence-corrected chi connectivity index (χ1v) is 9.13. The van der Waals surface area contributed by atoms with Crippen molar-refractivity contribution in [2.75, 3.05) is 17.2 Å². The van der Waals surface area contributed by atoms with E-state index in [2.05, 4.69) is 64.8 Å². The number of nitrogens with zero attached hydrogens (tertiary/aromatic N) is 3. The van der Waals surface area contributed by atoms with Crippen LogP contribution in [0.3, 0.4) is 0 Å². The van der Waals surface area contributed by atoms with E-state index >= 15 is 0 Å². The van der Waals surface area contributed by atoms with Gasteiger partial charge in [-0.3, -0.25) is 0 Å². The fraction of sp³-hybridized carbons (Fsp3) is 0.286. The molecule has 27 heavy (non-hydrogen) atoms. The lowest BCUT2D eigenvalue weighted by atomic mass is 9.98. The lowest BCUT2D eigenvalue weighted by molar-refractivity contribution is 0.340. The van der Waals surface area contributed by atoms with Crippen LogP contribution in [0.25, 0.3) is 0 Å². The van der Waals surface area contributed by atoms with Gasteiger partial charge < -0.3 is 15.4 Å². The molecular formula is C21H25N5O. The van der Waals surface area contributed by atoms with Gasteiger partial charge in [-0.2, -0.15) is 10.1 Å². The summed E-state index contributed by atoms with van der Waals surface area (Å²) in [5, 5.41) is 14.8. The number of hydrogen-bond donors (Lipinski definition) is 2. The molecule has 3 aromatic rings. The van der Waals surface area contributed by atoms with Gasteiger partial charge in [0.15, 0.2) is 5.82 Å². The topological polar surface area (TPSA) is 72.0 Å². The summed E-state index contributed by atoms with van der Waals surface area (Å²) in [7, 11) is 0. The van der Waals surface area contributed by atoms with Crippen LogP contribution >= 0.6 is 0 Å². The highest BCUT2D eigenvalue weighted by atomic mass is 16.5. The first-order valence-electron chi connectivity index (χ1n) is 9.13. The van der Waals surface area contributed by atoms with Gasteiger partial charge in [-0.1, -0.05) is 32.0 Å². The average molecular weight is 363 g/mol. The normalized spacial score (nSPS) is 10.7. The van der Waals surface area contributed by atoms with Crippen LogP contribution in [-0.4, -0.2) is 21.8 Å². The molecule has 6 heteroatoms. The second-order valence-corrected chi connectivity index (χ2v) is 6.57. The highest BCUT2D eigenvalue weighted by molar-refractivity contribution is 5.65. The Kier molecular flexibility index (Phi) is 5.86. The molecule has 0 radical (unpaired) electrons. The van der Waals surface area contributed by atoms with E-state index in [4.69, 9.17) is 4.74 Å². The van der Waals surface area contributed by atoms with Crippen LogP contribution in [0.4, 0.5) is 23.1 Å². The SMILES string of the molecule is CCOc1ccc(Nc2cnnc(Nc3c(C)cccc3C(C)C)n2)cc1. The fourth-order valence-corrected chi connectivity index (χ4v) is 2.82. The molecule has 1 aromatic heterocycles. The van der Waals surface area contributed by atoms with Gasteiger partial charge in [-0.25, -0.2) is 0 Å². The Hall–Kier alpha value is -3.15. The number of anilines is 4. The van der Waals surface area contributed by atoms with Crippen LogP contribution in [0.1, 0.15) is 37.8 Å². The van der Waals surface area contributed by atoms with Gasteiger partial charge in [-0.15, -0.1) is 5.10 Å². The van der Waals surface area contributed by atoms with Crippen molar-refractivity contribution in [2.45, 2.75) is 33.6 Å². The Labute approximate surface area is 160 Å². The number of rotatable bonds is 7. The second-order valence-electron chi connectivity index (χ2n) is 6.57. The Morgan fingerprint density at radius 2 is 1.81 bits per heavy atom. The molecule has 0 spiro atoms. The first-order chi connectivity index (χ1) is 13.1. The number of ether oxygens (including phenoxy) is 1. The average Bonchev–Trinajstić information content (AvgIpc) is 2.65. The predicted molar refractivity (Wildman–Crippen MR) is 109 cm³/mol. The molecule has 0 aliphatic rings. The minimum absolute atomic E-state index is 0.394. The summed E-state index contributed by atoms with van der Waals surface area (Å²) in [5.41, 5.74) is 4.31. The fourth-order valence-electron chi connectivity index (χ4n) is 2.82. The van der Waals surface area contributed by atoms with Crippen LogP contribution in [0.2, 0.25) is 0 Å². The largest absolute Gasteiger partial charge is 0.494 e. The van der Waals surface area contributed by atoms with Gasteiger partial charge in [0.2, 0.25) is 5.95 Å². The summed E-state index contributed by atoms with van der Waals surface area (Å²) >= 11 is 0. The number of aromatic nitrogens is 3. The number of aryl methyl sites for hydroxylation is 1. The van der Waals surface area contributed by atoms with E-state index in [1.54, 1.807) is 6.20 Å². The number of nitrogens with one attached hydrogen (secondary N) is 2. The molecule has 1 heterocycles. The van der Waals surface area contributed by atoms with Gasteiger partial charge in [-0.05, 0) is 55.2 Å². The van der Waals surface area contributed by atoms with E-state index < -0.39 is 0 Å². The summed E-state index contributed by atoms with van der Waals surface area (Å²) in [4.78, 5) is 4.54. The summed E-state index contributed by atoms with van der Waals surface area (Å²) < 4.78 is 5.46. The molecule has 0 bridgehead atoms. The van der Waals surface area contributed by atoms with Crippen LogP contribution in [-0.2, 0) is 0 Å². The Morgan fingerprint density at radius 1 is 1.04 bits per heavy atom. The lowest BCUT2D eigenvalue weighted by Gasteiger charge is -2.16. The van der Waals surface area contributed by atoms with Crippen molar-refractivity contribution >= 4 is 23.1 Å². The summed E-state index contributed by atoms with van der Waals surface area (Å²) in [6.45, 7) is 9.02. The zero-order chi connectivity index (χ0) is 19.2. The summed E-state index contributed by atoms with van der Waals surface area (Å²) in [6, 6.07) is 14.0. The van der Waals surface area contributed by atoms with Crippen LogP contribution in [0.15, 0.2) is 48.7 Å². The molecular weight excluding hydrogens is 338 g/mol. The van der Waals surface area contributed by atoms with Gasteiger partial charge in [0.1, 0.15) is 5.75 Å². The van der Waals surface area contributed by atoms with Crippen molar-refractivity contribution < 1.29 is 4.74 Å². The molecule has 0 aliphatic heterocycles. The van der Waals surface area contributed by atoms with Crippen molar-refractivity contribution in [3.63, 3.8) is 0 Å². The molecule has 3 rings (SSSR count). The third-order valence-electron chi connectivity index (χ3n) is 4.16. The van der Waals surface area contributed by atoms with Crippen molar-refractivity contribution in [3.05, 3.63) is 59.8 Å².